The van der Waals surface area contributed by atoms with E-state index in [0.717, 1.165) is 0 Å². The Morgan fingerprint density at radius 3 is 2.72 bits per heavy atom. The number of aryl methyl sites for hydroxylation is 1. The van der Waals surface area contributed by atoms with Gasteiger partial charge in [0.2, 0.25) is 5.95 Å². The van der Waals surface area contributed by atoms with E-state index in [-0.39, 0.29) is 12.2 Å². The highest BCUT2D eigenvalue weighted by Gasteiger charge is 2.13. The lowest BCUT2D eigenvalue weighted by atomic mass is 10.2. The van der Waals surface area contributed by atoms with Crippen LogP contribution in [0.1, 0.15) is 16.1 Å². The molecular formula is C11H17N3O4. The molecule has 0 saturated heterocycles. The summed E-state index contributed by atoms with van der Waals surface area (Å²) < 4.78 is 4.96. The molecule has 18 heavy (non-hydrogen) atoms. The van der Waals surface area contributed by atoms with Gasteiger partial charge in [0.05, 0.1) is 24.5 Å². The molecule has 1 rings (SSSR count). The minimum atomic E-state index is -1.05. The highest BCUT2D eigenvalue weighted by Crippen LogP contribution is 2.11. The summed E-state index contributed by atoms with van der Waals surface area (Å²) in [6.07, 6.45) is 1.27. The van der Waals surface area contributed by atoms with E-state index in [2.05, 4.69) is 9.97 Å². The van der Waals surface area contributed by atoms with Gasteiger partial charge in [-0.3, -0.25) is 0 Å². The normalized spacial score (nSPS) is 10.4. The average molecular weight is 255 g/mol. The maximum absolute atomic E-state index is 10.8. The number of rotatable bonds is 7. The number of carboxylic acids is 1. The maximum Gasteiger partial charge on any atom is 0.339 e. The zero-order valence-corrected chi connectivity index (χ0v) is 10.5. The molecule has 0 unspecified atom stereocenters. The van der Waals surface area contributed by atoms with Gasteiger partial charge >= 0.3 is 5.97 Å². The minimum Gasteiger partial charge on any atom is -0.478 e. The van der Waals surface area contributed by atoms with Gasteiger partial charge in [0.25, 0.3) is 0 Å². The number of anilines is 1. The molecule has 0 aliphatic rings. The predicted molar refractivity (Wildman–Crippen MR) is 64.9 cm³/mol. The summed E-state index contributed by atoms with van der Waals surface area (Å²) >= 11 is 0. The largest absolute Gasteiger partial charge is 0.478 e. The second-order valence-corrected chi connectivity index (χ2v) is 3.68. The number of hydrogen-bond donors (Lipinski definition) is 2. The van der Waals surface area contributed by atoms with Crippen LogP contribution in [0.3, 0.4) is 0 Å². The first-order valence-corrected chi connectivity index (χ1v) is 5.51. The SMILES string of the molecule is COCCN(CCO)c1ncc(C(=O)O)c(C)n1. The quantitative estimate of drug-likeness (QED) is 0.704. The fourth-order valence-corrected chi connectivity index (χ4v) is 1.45. The van der Waals surface area contributed by atoms with Crippen molar-refractivity contribution in [1.82, 2.24) is 9.97 Å². The van der Waals surface area contributed by atoms with Gasteiger partial charge < -0.3 is 19.8 Å². The number of aliphatic hydroxyl groups excluding tert-OH is 1. The van der Waals surface area contributed by atoms with E-state index in [1.165, 1.54) is 6.20 Å². The van der Waals surface area contributed by atoms with Gasteiger partial charge in [-0.05, 0) is 6.92 Å². The Labute approximate surface area is 105 Å². The molecule has 0 aromatic carbocycles. The summed E-state index contributed by atoms with van der Waals surface area (Å²) in [6.45, 7) is 2.95. The van der Waals surface area contributed by atoms with E-state index in [1.807, 2.05) is 0 Å². The number of methoxy groups -OCH3 is 1. The molecule has 0 aliphatic heterocycles. The highest BCUT2D eigenvalue weighted by molar-refractivity contribution is 5.88. The summed E-state index contributed by atoms with van der Waals surface area (Å²) in [6, 6.07) is 0. The molecule has 100 valence electrons. The molecule has 0 atom stereocenters. The smallest absolute Gasteiger partial charge is 0.339 e. The fraction of sp³-hybridized carbons (Fsp3) is 0.545. The lowest BCUT2D eigenvalue weighted by molar-refractivity contribution is 0.0695. The number of aromatic nitrogens is 2. The van der Waals surface area contributed by atoms with E-state index < -0.39 is 5.97 Å². The van der Waals surface area contributed by atoms with Gasteiger partial charge in [-0.25, -0.2) is 14.8 Å². The predicted octanol–water partition coefficient (Wildman–Crippen LogP) is -0.0717. The molecule has 1 aromatic heterocycles. The Morgan fingerprint density at radius 1 is 1.50 bits per heavy atom. The molecular weight excluding hydrogens is 238 g/mol. The van der Waals surface area contributed by atoms with E-state index in [9.17, 15) is 4.79 Å². The molecule has 0 radical (unpaired) electrons. The Kier molecular flexibility index (Phi) is 5.47. The number of hydrogen-bond acceptors (Lipinski definition) is 6. The molecule has 2 N–H and O–H groups in total. The van der Waals surface area contributed by atoms with Crippen molar-refractivity contribution in [2.45, 2.75) is 6.92 Å². The zero-order valence-electron chi connectivity index (χ0n) is 10.5. The van der Waals surface area contributed by atoms with Crippen LogP contribution in [0, 0.1) is 6.92 Å². The van der Waals surface area contributed by atoms with Crippen molar-refractivity contribution >= 4 is 11.9 Å². The van der Waals surface area contributed by atoms with Crippen molar-refractivity contribution in [3.05, 3.63) is 17.5 Å². The van der Waals surface area contributed by atoms with Crippen LogP contribution in [-0.4, -0.2) is 59.6 Å². The van der Waals surface area contributed by atoms with Crippen molar-refractivity contribution in [3.8, 4) is 0 Å². The van der Waals surface area contributed by atoms with E-state index in [4.69, 9.17) is 14.9 Å². The summed E-state index contributed by atoms with van der Waals surface area (Å²) in [5.74, 6) is -0.659. The standard InChI is InChI=1S/C11H17N3O4/c1-8-9(10(16)17)7-12-11(13-8)14(3-5-15)4-6-18-2/h7,15H,3-6H2,1-2H3,(H,16,17). The Hall–Kier alpha value is -1.73. The third-order valence-corrected chi connectivity index (χ3v) is 2.42. The minimum absolute atomic E-state index is 0.0349. The molecule has 0 bridgehead atoms. The van der Waals surface area contributed by atoms with Gasteiger partial charge in [0, 0.05) is 26.4 Å². The maximum atomic E-state index is 10.8. The molecule has 0 fully saturated rings. The number of carboxylic acid groups (broad SMARTS) is 1. The van der Waals surface area contributed by atoms with Crippen LogP contribution in [0.5, 0.6) is 0 Å². The van der Waals surface area contributed by atoms with E-state index in [1.54, 1.807) is 18.9 Å². The number of ether oxygens (including phenoxy) is 1. The molecule has 1 heterocycles. The monoisotopic (exact) mass is 255 g/mol. The van der Waals surface area contributed by atoms with Crippen molar-refractivity contribution in [3.63, 3.8) is 0 Å². The molecule has 7 heteroatoms. The summed E-state index contributed by atoms with van der Waals surface area (Å²) in [4.78, 5) is 20.7. The lowest BCUT2D eigenvalue weighted by Crippen LogP contribution is -2.32. The summed E-state index contributed by atoms with van der Waals surface area (Å²) in [7, 11) is 1.58. The van der Waals surface area contributed by atoms with Gasteiger partial charge in [0.15, 0.2) is 0 Å². The Balaban J connectivity index is 2.91. The Morgan fingerprint density at radius 2 is 2.22 bits per heavy atom. The first-order valence-electron chi connectivity index (χ1n) is 5.51. The molecule has 7 nitrogen and oxygen atoms in total. The van der Waals surface area contributed by atoms with Gasteiger partial charge in [-0.2, -0.15) is 0 Å². The van der Waals surface area contributed by atoms with Crippen molar-refractivity contribution in [1.29, 1.82) is 0 Å². The van der Waals surface area contributed by atoms with Crippen molar-refractivity contribution < 1.29 is 19.7 Å². The number of carbonyl (C=O) groups is 1. The second kappa shape index (κ2) is 6.87. The third-order valence-electron chi connectivity index (χ3n) is 2.42. The second-order valence-electron chi connectivity index (χ2n) is 3.68. The molecule has 0 spiro atoms. The summed E-state index contributed by atoms with van der Waals surface area (Å²) in [5.41, 5.74) is 0.474. The van der Waals surface area contributed by atoms with Gasteiger partial charge in [0.1, 0.15) is 0 Å². The van der Waals surface area contributed by atoms with E-state index in [0.29, 0.717) is 31.3 Å². The van der Waals surface area contributed by atoms with Crippen LogP contribution in [0.25, 0.3) is 0 Å². The van der Waals surface area contributed by atoms with Crippen LogP contribution in [-0.2, 0) is 4.74 Å². The number of aliphatic hydroxyl groups is 1. The third kappa shape index (κ3) is 3.64. The lowest BCUT2D eigenvalue weighted by Gasteiger charge is -2.21. The topological polar surface area (TPSA) is 95.8 Å². The van der Waals surface area contributed by atoms with Crippen molar-refractivity contribution in [2.75, 3.05) is 38.3 Å². The highest BCUT2D eigenvalue weighted by atomic mass is 16.5. The molecule has 0 aliphatic carbocycles. The van der Waals surface area contributed by atoms with Crippen LogP contribution < -0.4 is 4.90 Å². The molecule has 0 saturated carbocycles. The average Bonchev–Trinajstić information content (AvgIpc) is 2.33. The van der Waals surface area contributed by atoms with E-state index >= 15 is 0 Å². The van der Waals surface area contributed by atoms with Crippen LogP contribution in [0.2, 0.25) is 0 Å². The number of nitrogens with zero attached hydrogens (tertiary/aromatic N) is 3. The fourth-order valence-electron chi connectivity index (χ4n) is 1.45. The van der Waals surface area contributed by atoms with Gasteiger partial charge in [-0.1, -0.05) is 0 Å². The first kappa shape index (κ1) is 14.3. The summed E-state index contributed by atoms with van der Waals surface area (Å²) in [5, 5.41) is 17.9. The molecule has 1 aromatic rings. The molecule has 0 amide bonds. The number of aromatic carboxylic acids is 1. The Bertz CT molecular complexity index is 411. The van der Waals surface area contributed by atoms with Crippen molar-refractivity contribution in [2.24, 2.45) is 0 Å². The van der Waals surface area contributed by atoms with Crippen LogP contribution >= 0.6 is 0 Å². The van der Waals surface area contributed by atoms with Crippen LogP contribution in [0.4, 0.5) is 5.95 Å². The van der Waals surface area contributed by atoms with Gasteiger partial charge in [-0.15, -0.1) is 0 Å². The zero-order chi connectivity index (χ0) is 13.5. The first-order chi connectivity index (χ1) is 8.60. The van der Waals surface area contributed by atoms with Crippen LogP contribution in [0.15, 0.2) is 6.20 Å².